The summed E-state index contributed by atoms with van der Waals surface area (Å²) < 4.78 is 22.7. The first kappa shape index (κ1) is 12.9. The van der Waals surface area contributed by atoms with Crippen LogP contribution in [0.4, 0.5) is 0 Å². The third-order valence-corrected chi connectivity index (χ3v) is 3.23. The number of rotatable bonds is 3. The van der Waals surface area contributed by atoms with Crippen LogP contribution in [0.2, 0.25) is 0 Å². The number of aliphatic hydroxyl groups is 1. The zero-order valence-electron chi connectivity index (χ0n) is 9.64. The molecule has 1 unspecified atom stereocenters. The maximum absolute atomic E-state index is 11.3. The summed E-state index contributed by atoms with van der Waals surface area (Å²) in [5, 5.41) is 9.81. The number of allylic oxidation sites excluding steroid dienone is 1. The predicted molar refractivity (Wildman–Crippen MR) is 63.9 cm³/mol. The molecule has 1 N–H and O–H groups in total. The second-order valence-corrected chi connectivity index (χ2v) is 6.05. The van der Waals surface area contributed by atoms with Crippen LogP contribution in [0, 0.1) is 0 Å². The molecule has 3 nitrogen and oxygen atoms in total. The highest BCUT2D eigenvalue weighted by Gasteiger charge is 2.10. The van der Waals surface area contributed by atoms with Gasteiger partial charge in [-0.1, -0.05) is 23.8 Å². The average molecular weight is 240 g/mol. The molecule has 1 rings (SSSR count). The lowest BCUT2D eigenvalue weighted by molar-refractivity contribution is 0.227. The van der Waals surface area contributed by atoms with Gasteiger partial charge in [0.15, 0.2) is 9.84 Å². The monoisotopic (exact) mass is 240 g/mol. The van der Waals surface area contributed by atoms with Gasteiger partial charge in [0, 0.05) is 6.26 Å². The quantitative estimate of drug-likeness (QED) is 0.823. The van der Waals surface area contributed by atoms with Crippen molar-refractivity contribution in [2.45, 2.75) is 24.8 Å². The standard InChI is InChI=1S/C12H16O3S/c1-9(2)7-12(13)10-5-4-6-11(8-10)16(3,14)15/h4-8,12-13H,1-3H3. The molecule has 0 aliphatic rings. The Morgan fingerprint density at radius 3 is 2.50 bits per heavy atom. The minimum atomic E-state index is -3.22. The van der Waals surface area contributed by atoms with Crippen LogP contribution in [-0.2, 0) is 9.84 Å². The molecule has 0 spiro atoms. The van der Waals surface area contributed by atoms with Crippen molar-refractivity contribution in [3.63, 3.8) is 0 Å². The van der Waals surface area contributed by atoms with E-state index in [4.69, 9.17) is 0 Å². The Kier molecular flexibility index (Phi) is 3.88. The molecular formula is C12H16O3S. The zero-order chi connectivity index (χ0) is 12.3. The molecule has 16 heavy (non-hydrogen) atoms. The molecule has 0 bridgehead atoms. The average Bonchev–Trinajstić information content (AvgIpc) is 2.15. The van der Waals surface area contributed by atoms with Gasteiger partial charge < -0.3 is 5.11 Å². The summed E-state index contributed by atoms with van der Waals surface area (Å²) in [5.74, 6) is 0. The van der Waals surface area contributed by atoms with E-state index in [-0.39, 0.29) is 4.90 Å². The van der Waals surface area contributed by atoms with Crippen LogP contribution in [0.3, 0.4) is 0 Å². The zero-order valence-corrected chi connectivity index (χ0v) is 10.5. The van der Waals surface area contributed by atoms with Gasteiger partial charge in [-0.25, -0.2) is 8.42 Å². The van der Waals surface area contributed by atoms with Gasteiger partial charge in [0.05, 0.1) is 11.0 Å². The third-order valence-electron chi connectivity index (χ3n) is 2.12. The highest BCUT2D eigenvalue weighted by Crippen LogP contribution is 2.19. The smallest absolute Gasteiger partial charge is 0.175 e. The Labute approximate surface area is 96.4 Å². The van der Waals surface area contributed by atoms with Crippen LogP contribution in [-0.4, -0.2) is 19.8 Å². The van der Waals surface area contributed by atoms with Crippen molar-refractivity contribution in [2.24, 2.45) is 0 Å². The van der Waals surface area contributed by atoms with Crippen LogP contribution < -0.4 is 0 Å². The van der Waals surface area contributed by atoms with Crippen molar-refractivity contribution in [2.75, 3.05) is 6.26 Å². The molecule has 0 amide bonds. The Morgan fingerprint density at radius 2 is 2.00 bits per heavy atom. The number of benzene rings is 1. The summed E-state index contributed by atoms with van der Waals surface area (Å²) in [4.78, 5) is 0.228. The van der Waals surface area contributed by atoms with Crippen LogP contribution in [0.1, 0.15) is 25.5 Å². The molecule has 0 radical (unpaired) electrons. The van der Waals surface area contributed by atoms with Crippen molar-refractivity contribution < 1.29 is 13.5 Å². The van der Waals surface area contributed by atoms with Crippen molar-refractivity contribution in [1.29, 1.82) is 0 Å². The molecule has 1 atom stereocenters. The van der Waals surface area contributed by atoms with Crippen LogP contribution in [0.25, 0.3) is 0 Å². The molecular weight excluding hydrogens is 224 g/mol. The fraction of sp³-hybridized carbons (Fsp3) is 0.333. The lowest BCUT2D eigenvalue weighted by Crippen LogP contribution is -2.00. The lowest BCUT2D eigenvalue weighted by Gasteiger charge is -2.08. The second kappa shape index (κ2) is 4.80. The summed E-state index contributed by atoms with van der Waals surface area (Å²) in [6.07, 6.45) is 2.08. The van der Waals surface area contributed by atoms with E-state index in [1.165, 1.54) is 12.1 Å². The van der Waals surface area contributed by atoms with Gasteiger partial charge in [-0.15, -0.1) is 0 Å². The van der Waals surface area contributed by atoms with E-state index in [9.17, 15) is 13.5 Å². The van der Waals surface area contributed by atoms with Gasteiger partial charge in [-0.3, -0.25) is 0 Å². The maximum atomic E-state index is 11.3. The van der Waals surface area contributed by atoms with Gasteiger partial charge in [0.1, 0.15) is 0 Å². The topological polar surface area (TPSA) is 54.4 Å². The van der Waals surface area contributed by atoms with E-state index in [1.807, 2.05) is 13.8 Å². The SMILES string of the molecule is CC(C)=CC(O)c1cccc(S(C)(=O)=O)c1. The first-order valence-electron chi connectivity index (χ1n) is 4.94. The number of hydrogen-bond acceptors (Lipinski definition) is 3. The van der Waals surface area contributed by atoms with E-state index < -0.39 is 15.9 Å². The molecule has 0 heterocycles. The minimum Gasteiger partial charge on any atom is -0.384 e. The molecule has 0 fully saturated rings. The molecule has 1 aromatic carbocycles. The molecule has 0 aliphatic heterocycles. The molecule has 4 heteroatoms. The van der Waals surface area contributed by atoms with E-state index in [0.717, 1.165) is 11.8 Å². The highest BCUT2D eigenvalue weighted by molar-refractivity contribution is 7.90. The maximum Gasteiger partial charge on any atom is 0.175 e. The van der Waals surface area contributed by atoms with Crippen LogP contribution >= 0.6 is 0 Å². The first-order valence-corrected chi connectivity index (χ1v) is 6.83. The predicted octanol–water partition coefficient (Wildman–Crippen LogP) is 2.09. The Morgan fingerprint density at radius 1 is 1.38 bits per heavy atom. The summed E-state index contributed by atoms with van der Waals surface area (Å²) in [7, 11) is -3.22. The van der Waals surface area contributed by atoms with Crippen molar-refractivity contribution in [3.05, 3.63) is 41.5 Å². The number of hydrogen-bond donors (Lipinski definition) is 1. The Bertz CT molecular complexity index is 497. The van der Waals surface area contributed by atoms with Gasteiger partial charge in [-0.05, 0) is 31.5 Å². The molecule has 88 valence electrons. The molecule has 0 saturated carbocycles. The van der Waals surface area contributed by atoms with E-state index in [1.54, 1.807) is 18.2 Å². The van der Waals surface area contributed by atoms with Gasteiger partial charge >= 0.3 is 0 Å². The second-order valence-electron chi connectivity index (χ2n) is 4.03. The van der Waals surface area contributed by atoms with Crippen LogP contribution in [0.5, 0.6) is 0 Å². The fourth-order valence-corrected chi connectivity index (χ4v) is 2.02. The number of aliphatic hydroxyl groups excluding tert-OH is 1. The molecule has 0 saturated heterocycles. The molecule has 0 aliphatic carbocycles. The normalized spacial score (nSPS) is 13.2. The largest absolute Gasteiger partial charge is 0.384 e. The van der Waals surface area contributed by atoms with Gasteiger partial charge in [-0.2, -0.15) is 0 Å². The summed E-state index contributed by atoms with van der Waals surface area (Å²) in [5.41, 5.74) is 1.57. The third kappa shape index (κ3) is 3.47. The van der Waals surface area contributed by atoms with Crippen molar-refractivity contribution in [1.82, 2.24) is 0 Å². The highest BCUT2D eigenvalue weighted by atomic mass is 32.2. The van der Waals surface area contributed by atoms with Gasteiger partial charge in [0.25, 0.3) is 0 Å². The van der Waals surface area contributed by atoms with Crippen molar-refractivity contribution in [3.8, 4) is 0 Å². The fourth-order valence-electron chi connectivity index (χ4n) is 1.34. The first-order chi connectivity index (χ1) is 7.30. The molecule has 0 aromatic heterocycles. The van der Waals surface area contributed by atoms with E-state index >= 15 is 0 Å². The lowest BCUT2D eigenvalue weighted by atomic mass is 10.1. The van der Waals surface area contributed by atoms with Crippen molar-refractivity contribution >= 4 is 9.84 Å². The Hall–Kier alpha value is -1.13. The van der Waals surface area contributed by atoms with E-state index in [0.29, 0.717) is 5.56 Å². The molecule has 1 aromatic rings. The van der Waals surface area contributed by atoms with E-state index in [2.05, 4.69) is 0 Å². The summed E-state index contributed by atoms with van der Waals surface area (Å²) in [6.45, 7) is 3.76. The van der Waals surface area contributed by atoms with Gasteiger partial charge in [0.2, 0.25) is 0 Å². The van der Waals surface area contributed by atoms with Crippen LogP contribution in [0.15, 0.2) is 40.8 Å². The minimum absolute atomic E-state index is 0.228. The summed E-state index contributed by atoms with van der Waals surface area (Å²) in [6, 6.07) is 6.36. The Balaban J connectivity index is 3.14. The summed E-state index contributed by atoms with van der Waals surface area (Å²) >= 11 is 0. The number of sulfone groups is 1.